The Bertz CT molecular complexity index is 2560. The van der Waals surface area contributed by atoms with E-state index < -0.39 is 91.9 Å². The van der Waals surface area contributed by atoms with Crippen molar-refractivity contribution in [2.45, 2.75) is 131 Å². The van der Waals surface area contributed by atoms with Gasteiger partial charge >= 0.3 is 12.2 Å². The lowest BCUT2D eigenvalue weighted by Crippen LogP contribution is -2.56. The minimum Gasteiger partial charge on any atom is -0.453 e. The normalized spacial score (nSPS) is 23.9. The number of methoxy groups -OCH3 is 6. The van der Waals surface area contributed by atoms with Crippen LogP contribution in [0.1, 0.15) is 82.0 Å². The van der Waals surface area contributed by atoms with Gasteiger partial charge in [0.15, 0.2) is 11.6 Å². The van der Waals surface area contributed by atoms with Crippen LogP contribution in [0, 0.1) is 23.5 Å². The second kappa shape index (κ2) is 27.8. The maximum Gasteiger partial charge on any atom is 0.407 e. The third-order valence-corrected chi connectivity index (χ3v) is 23.1. The van der Waals surface area contributed by atoms with E-state index in [2.05, 4.69) is 21.3 Å². The first-order valence-corrected chi connectivity index (χ1v) is 31.5. The molecule has 0 radical (unpaired) electrons. The average Bonchev–Trinajstić information content (AvgIpc) is 4.05. The summed E-state index contributed by atoms with van der Waals surface area (Å²) in [6.07, 6.45) is 2.50. The van der Waals surface area contributed by atoms with Gasteiger partial charge in [0.1, 0.15) is 29.9 Å². The van der Waals surface area contributed by atoms with Crippen molar-refractivity contribution in [3.63, 3.8) is 0 Å². The summed E-state index contributed by atoms with van der Waals surface area (Å²) >= 11 is 0. The van der Waals surface area contributed by atoms with Gasteiger partial charge in [0.2, 0.25) is 23.6 Å². The summed E-state index contributed by atoms with van der Waals surface area (Å²) in [4.78, 5) is 88.0. The predicted molar refractivity (Wildman–Crippen MR) is 307 cm³/mol. The fraction of sp³-hybridized carbons (Fsp3) is 0.593. The molecule has 6 amide bonds. The minimum absolute atomic E-state index is 0.00921. The van der Waals surface area contributed by atoms with Gasteiger partial charge in [-0.15, -0.1) is 0 Å². The molecule has 448 valence electrons. The molecule has 82 heavy (non-hydrogen) atoms. The first-order valence-electron chi connectivity index (χ1n) is 28.6. The molecule has 0 aliphatic carbocycles. The van der Waals surface area contributed by atoms with Crippen molar-refractivity contribution >= 4 is 66.6 Å². The van der Waals surface area contributed by atoms with Crippen LogP contribution in [0.2, 0.25) is 24.2 Å². The summed E-state index contributed by atoms with van der Waals surface area (Å²) < 4.78 is 64.8. The Morgan fingerprint density at radius 2 is 1.01 bits per heavy atom. The van der Waals surface area contributed by atoms with E-state index in [1.165, 1.54) is 81.7 Å². The van der Waals surface area contributed by atoms with E-state index in [1.807, 2.05) is 34.1 Å². The van der Waals surface area contributed by atoms with E-state index in [9.17, 15) is 28.8 Å². The van der Waals surface area contributed by atoms with Crippen LogP contribution in [0.5, 0.6) is 0 Å². The number of hydrogen-bond acceptors (Lipinski definition) is 14. The monoisotopic (exact) mass is 1160 g/mol. The van der Waals surface area contributed by atoms with Crippen molar-refractivity contribution in [1.82, 2.24) is 20.4 Å². The molecule has 5 saturated heterocycles. The van der Waals surface area contributed by atoms with E-state index in [-0.39, 0.29) is 42.7 Å². The predicted octanol–water partition coefficient (Wildman–Crippen LogP) is 7.62. The molecule has 0 bridgehead atoms. The van der Waals surface area contributed by atoms with Crippen molar-refractivity contribution in [3.8, 4) is 0 Å². The molecule has 5 fully saturated rings. The van der Waals surface area contributed by atoms with Gasteiger partial charge in [-0.2, -0.15) is 0 Å². The molecular formula is C59H82F2N8O12Si. The lowest BCUT2D eigenvalue weighted by atomic mass is 10.0. The number of benzene rings is 3. The molecule has 3 aromatic rings. The van der Waals surface area contributed by atoms with Crippen LogP contribution in [-0.2, 0) is 47.6 Å². The Morgan fingerprint density at radius 3 is 1.39 bits per heavy atom. The highest BCUT2D eigenvalue weighted by molar-refractivity contribution is 6.80. The topological polar surface area (TPSA) is 219 Å². The number of likely N-dealkylation sites (tertiary alicyclic amines) is 2. The Labute approximate surface area is 480 Å². The zero-order valence-electron chi connectivity index (χ0n) is 48.5. The molecule has 20 nitrogen and oxygen atoms in total. The van der Waals surface area contributed by atoms with E-state index >= 15 is 8.78 Å². The molecule has 5 aliphatic heterocycles. The van der Waals surface area contributed by atoms with Gasteiger partial charge in [-0.25, -0.2) is 18.4 Å². The number of nitrogens with one attached hydrogen (secondary N) is 4. The molecule has 3 aromatic carbocycles. The van der Waals surface area contributed by atoms with Crippen molar-refractivity contribution < 1.29 is 66.0 Å². The lowest BCUT2D eigenvalue weighted by molar-refractivity contribution is -0.141. The SMILES string of the molecule is COC[C@H]1C[C@@H](C(=O)Nc2ccc([C@@H]3CC[C@@H](c4ccc(NC(=O)[C@@H]5C[C@H](COC)CN5C(=O)[C@@H](NC(=O)OC)[C@@H](C)OC)cc4)N3c3cc(F)c(N4CC[Si]5(CCCCC5)CC4)c(F)c3)cc2)N(C(=O)[C@@H](NC(=O)OC)[C@@H](C)OC)C1. The van der Waals surface area contributed by atoms with Gasteiger partial charge in [0, 0.05) is 83.5 Å². The molecular weight excluding hydrogens is 1080 g/mol. The second-order valence-corrected chi connectivity index (χ2v) is 27.8. The Hall–Kier alpha value is -6.40. The van der Waals surface area contributed by atoms with Crippen molar-refractivity contribution in [2.75, 3.05) is 102 Å². The van der Waals surface area contributed by atoms with Crippen molar-refractivity contribution in [2.24, 2.45) is 11.8 Å². The minimum atomic E-state index is -1.43. The zero-order chi connectivity index (χ0) is 58.8. The van der Waals surface area contributed by atoms with E-state index in [0.29, 0.717) is 69.0 Å². The number of carbonyl (C=O) groups excluding carboxylic acids is 6. The number of hydrogen-bond donors (Lipinski definition) is 4. The molecule has 5 heterocycles. The van der Waals surface area contributed by atoms with Crippen LogP contribution in [-0.4, -0.2) is 172 Å². The fourth-order valence-corrected chi connectivity index (χ4v) is 18.2. The molecule has 8 rings (SSSR count). The summed E-state index contributed by atoms with van der Waals surface area (Å²) in [5.74, 6) is -3.42. The zero-order valence-corrected chi connectivity index (χ0v) is 49.5. The van der Waals surface area contributed by atoms with Gasteiger partial charge in [-0.3, -0.25) is 19.2 Å². The standard InChI is InChI=1S/C59H82F2N8O12Si/c1-36(78-5)51(64-58(74)80-7)56(72)67-32-38(34-76-3)28-49(67)54(70)62-42-16-12-40(13-17-42)47-20-21-48(69(47)44-30-45(60)53(46(61)31-44)66-22-26-82(27-23-66)24-10-9-11-25-82)41-14-18-43(19-15-41)63-55(71)50-29-39(35-77-4)33-68(50)57(73)52(37(2)79-6)65-59(75)81-8/h12-19,30-31,36-39,47-52H,9-11,20-29,32-35H2,1-8H3,(H,62,70)(H,63,71)(H,64,74)(H,65,75)/t36-,37-,38+,39+,47+,48+,49+,50+,51+,52+/m1/s1. The number of alkyl carbamates (subject to hydrolysis) is 2. The first-order chi connectivity index (χ1) is 39.4. The number of rotatable bonds is 20. The number of amides is 6. The smallest absolute Gasteiger partial charge is 0.407 e. The van der Waals surface area contributed by atoms with Crippen LogP contribution < -0.4 is 31.1 Å². The fourth-order valence-electron chi connectivity index (χ4n) is 13.2. The van der Waals surface area contributed by atoms with Crippen molar-refractivity contribution in [3.05, 3.63) is 83.4 Å². The third kappa shape index (κ3) is 14.0. The molecule has 10 atom stereocenters. The van der Waals surface area contributed by atoms with E-state index in [4.69, 9.17) is 28.4 Å². The van der Waals surface area contributed by atoms with Crippen LogP contribution in [0.4, 0.5) is 41.1 Å². The molecule has 0 saturated carbocycles. The molecule has 0 unspecified atom stereocenters. The lowest BCUT2D eigenvalue weighted by Gasteiger charge is -2.43. The van der Waals surface area contributed by atoms with Crippen LogP contribution in [0.15, 0.2) is 60.7 Å². The largest absolute Gasteiger partial charge is 0.453 e. The summed E-state index contributed by atoms with van der Waals surface area (Å²) in [6, 6.07) is 17.4. The number of anilines is 4. The van der Waals surface area contributed by atoms with Crippen molar-refractivity contribution in [1.29, 1.82) is 0 Å². The summed E-state index contributed by atoms with van der Waals surface area (Å²) in [6.45, 7) is 5.61. The first kappa shape index (κ1) is 61.7. The van der Waals surface area contributed by atoms with Gasteiger partial charge in [0.05, 0.1) is 59.8 Å². The number of carbonyl (C=O) groups is 6. The maximum absolute atomic E-state index is 16.8. The highest BCUT2D eigenvalue weighted by Gasteiger charge is 2.46. The second-order valence-electron chi connectivity index (χ2n) is 22.8. The molecule has 4 N–H and O–H groups in total. The Balaban J connectivity index is 1.04. The van der Waals surface area contributed by atoms with Crippen LogP contribution >= 0.6 is 0 Å². The van der Waals surface area contributed by atoms with Crippen LogP contribution in [0.25, 0.3) is 0 Å². The summed E-state index contributed by atoms with van der Waals surface area (Å²) in [7, 11) is 6.91. The quantitative estimate of drug-likeness (QED) is 0.0801. The van der Waals surface area contributed by atoms with E-state index in [1.54, 1.807) is 52.3 Å². The summed E-state index contributed by atoms with van der Waals surface area (Å²) in [5, 5.41) is 11.1. The third-order valence-electron chi connectivity index (χ3n) is 17.7. The van der Waals surface area contributed by atoms with Crippen LogP contribution in [0.3, 0.4) is 0 Å². The number of ether oxygens (including phenoxy) is 6. The maximum atomic E-state index is 16.8. The average molecular weight is 1160 g/mol. The molecule has 23 heteroatoms. The van der Waals surface area contributed by atoms with Gasteiger partial charge < -0.3 is 69.3 Å². The number of halogens is 2. The van der Waals surface area contributed by atoms with Gasteiger partial charge in [0.25, 0.3) is 0 Å². The van der Waals surface area contributed by atoms with Gasteiger partial charge in [-0.1, -0.05) is 55.6 Å². The Kier molecular flexibility index (Phi) is 20.9. The molecule has 1 spiro atoms. The van der Waals surface area contributed by atoms with E-state index in [0.717, 1.165) is 23.2 Å². The molecule has 5 aliphatic rings. The number of nitrogens with zero attached hydrogens (tertiary/aromatic N) is 4. The summed E-state index contributed by atoms with van der Waals surface area (Å²) in [5.41, 5.74) is 2.98. The Morgan fingerprint density at radius 1 is 0.598 bits per heavy atom. The molecule has 0 aromatic heterocycles. The highest BCUT2D eigenvalue weighted by atomic mass is 28.3. The van der Waals surface area contributed by atoms with Gasteiger partial charge in [-0.05, 0) is 99.1 Å². The highest BCUT2D eigenvalue weighted by Crippen LogP contribution is 2.49.